The molecule has 2 aliphatic rings. The predicted octanol–water partition coefficient (Wildman–Crippen LogP) is 1.16. The smallest absolute Gasteiger partial charge is 0.308 e. The second kappa shape index (κ2) is 3.13. The molecular weight excluding hydrogens is 168 g/mol. The van der Waals surface area contributed by atoms with Crippen LogP contribution in [-0.4, -0.2) is 18.9 Å². The fourth-order valence-electron chi connectivity index (χ4n) is 2.63. The maximum absolute atomic E-state index is 11.5. The van der Waals surface area contributed by atoms with Crippen LogP contribution >= 0.6 is 0 Å². The first kappa shape index (κ1) is 8.73. The van der Waals surface area contributed by atoms with E-state index in [1.807, 2.05) is 0 Å². The van der Waals surface area contributed by atoms with Crippen LogP contribution in [0.25, 0.3) is 0 Å². The summed E-state index contributed by atoms with van der Waals surface area (Å²) in [6.45, 7) is 0. The Morgan fingerprint density at radius 2 is 1.85 bits per heavy atom. The van der Waals surface area contributed by atoms with Gasteiger partial charge in [0.2, 0.25) is 0 Å². The number of carbonyl (C=O) groups is 2. The molecule has 0 spiro atoms. The first-order chi connectivity index (χ1) is 6.22. The maximum Gasteiger partial charge on any atom is 0.308 e. The van der Waals surface area contributed by atoms with Crippen molar-refractivity contribution in [1.29, 1.82) is 0 Å². The van der Waals surface area contributed by atoms with E-state index in [0.29, 0.717) is 5.78 Å². The van der Waals surface area contributed by atoms with E-state index in [2.05, 4.69) is 0 Å². The molecule has 0 unspecified atom stereocenters. The molecule has 2 rings (SSSR count). The average molecular weight is 182 g/mol. The molecular formula is C10H14O3. The first-order valence-electron chi connectivity index (χ1n) is 4.84. The second-order valence-corrected chi connectivity index (χ2v) is 4.07. The van der Waals surface area contributed by atoms with Crippen molar-refractivity contribution in [3.05, 3.63) is 0 Å². The lowest BCUT2D eigenvalue weighted by Gasteiger charge is -2.24. The van der Waals surface area contributed by atoms with Gasteiger partial charge in [-0.15, -0.1) is 0 Å². The van der Waals surface area contributed by atoms with Gasteiger partial charge in [0.25, 0.3) is 0 Å². The normalized spacial score (nSPS) is 37.6. The van der Waals surface area contributed by atoms with Crippen molar-refractivity contribution in [2.45, 2.75) is 25.7 Å². The molecule has 2 fully saturated rings. The first-order valence-corrected chi connectivity index (χ1v) is 4.84. The largest absolute Gasteiger partial charge is 0.469 e. The molecule has 2 aliphatic carbocycles. The van der Waals surface area contributed by atoms with Crippen LogP contribution in [0, 0.1) is 17.8 Å². The highest BCUT2D eigenvalue weighted by atomic mass is 16.5. The predicted molar refractivity (Wildman–Crippen MR) is 46.0 cm³/mol. The molecule has 3 heteroatoms. The minimum atomic E-state index is -0.135. The third-order valence-electron chi connectivity index (χ3n) is 3.34. The summed E-state index contributed by atoms with van der Waals surface area (Å²) in [4.78, 5) is 22.8. The molecule has 2 saturated carbocycles. The summed E-state index contributed by atoms with van der Waals surface area (Å²) in [5.41, 5.74) is 0. The summed E-state index contributed by atoms with van der Waals surface area (Å²) in [6, 6.07) is 0. The summed E-state index contributed by atoms with van der Waals surface area (Å²) < 4.78 is 4.70. The average Bonchev–Trinajstić information content (AvgIpc) is 2.42. The molecule has 0 radical (unpaired) electrons. The van der Waals surface area contributed by atoms with Gasteiger partial charge in [-0.2, -0.15) is 0 Å². The van der Waals surface area contributed by atoms with Gasteiger partial charge in [-0.25, -0.2) is 0 Å². The quantitative estimate of drug-likeness (QED) is 0.571. The van der Waals surface area contributed by atoms with Crippen LogP contribution in [0.3, 0.4) is 0 Å². The molecule has 2 bridgehead atoms. The topological polar surface area (TPSA) is 43.4 Å². The zero-order chi connectivity index (χ0) is 9.42. The van der Waals surface area contributed by atoms with Gasteiger partial charge in [0.15, 0.2) is 0 Å². The second-order valence-electron chi connectivity index (χ2n) is 4.07. The molecule has 0 aromatic carbocycles. The number of Topliss-reactive ketones (excluding diaryl/α,β-unsaturated/α-hetero) is 1. The third kappa shape index (κ3) is 1.36. The summed E-state index contributed by atoms with van der Waals surface area (Å²) in [7, 11) is 1.42. The summed E-state index contributed by atoms with van der Waals surface area (Å²) in [5.74, 6) is 0.551. The van der Waals surface area contributed by atoms with Gasteiger partial charge in [-0.3, -0.25) is 9.59 Å². The highest BCUT2D eigenvalue weighted by Gasteiger charge is 2.43. The summed E-state index contributed by atoms with van der Waals surface area (Å²) >= 11 is 0. The zero-order valence-electron chi connectivity index (χ0n) is 7.79. The van der Waals surface area contributed by atoms with Gasteiger partial charge in [-0.1, -0.05) is 0 Å². The molecule has 0 heterocycles. The molecule has 0 aromatic rings. The molecule has 0 aliphatic heterocycles. The number of ether oxygens (including phenoxy) is 1. The lowest BCUT2D eigenvalue weighted by Crippen LogP contribution is -2.30. The molecule has 3 nitrogen and oxygen atoms in total. The Balaban J connectivity index is 2.06. The van der Waals surface area contributed by atoms with E-state index in [9.17, 15) is 9.59 Å². The number of hydrogen-bond acceptors (Lipinski definition) is 3. The Morgan fingerprint density at radius 1 is 1.31 bits per heavy atom. The Labute approximate surface area is 77.4 Å². The minimum Gasteiger partial charge on any atom is -0.469 e. The minimum absolute atomic E-state index is 0.0137. The van der Waals surface area contributed by atoms with Crippen LogP contribution in [0.5, 0.6) is 0 Å². The van der Waals surface area contributed by atoms with E-state index in [1.165, 1.54) is 7.11 Å². The van der Waals surface area contributed by atoms with Gasteiger partial charge >= 0.3 is 5.97 Å². The number of methoxy groups -OCH3 is 1. The molecule has 0 N–H and O–H groups in total. The van der Waals surface area contributed by atoms with Crippen LogP contribution in [0.2, 0.25) is 0 Å². The maximum atomic E-state index is 11.5. The van der Waals surface area contributed by atoms with Gasteiger partial charge in [0, 0.05) is 11.8 Å². The third-order valence-corrected chi connectivity index (χ3v) is 3.34. The fraction of sp³-hybridized carbons (Fsp3) is 0.800. The fourth-order valence-corrected chi connectivity index (χ4v) is 2.63. The SMILES string of the molecule is COC(=O)[C@H]1C[C@H]2CC[C@@H](C1)C2=O. The molecule has 0 amide bonds. The highest BCUT2D eigenvalue weighted by molar-refractivity contribution is 5.88. The Bertz CT molecular complexity index is 231. The lowest BCUT2D eigenvalue weighted by atomic mass is 9.80. The van der Waals surface area contributed by atoms with Gasteiger partial charge in [0.05, 0.1) is 13.0 Å². The highest BCUT2D eigenvalue weighted by Crippen LogP contribution is 2.42. The standard InChI is InChI=1S/C10H14O3/c1-13-10(12)8-4-6-2-3-7(5-8)9(6)11/h6-8H,2-5H2,1H3/t6-,7+,8+. The van der Waals surface area contributed by atoms with E-state index in [1.54, 1.807) is 0 Å². The van der Waals surface area contributed by atoms with Crippen molar-refractivity contribution in [2.24, 2.45) is 17.8 Å². The van der Waals surface area contributed by atoms with Crippen LogP contribution in [0.4, 0.5) is 0 Å². The van der Waals surface area contributed by atoms with Crippen LogP contribution in [0.15, 0.2) is 0 Å². The van der Waals surface area contributed by atoms with Crippen LogP contribution < -0.4 is 0 Å². The van der Waals surface area contributed by atoms with Gasteiger partial charge in [0.1, 0.15) is 5.78 Å². The monoisotopic (exact) mass is 182 g/mol. The number of ketones is 1. The Hall–Kier alpha value is -0.860. The molecule has 0 aromatic heterocycles. The molecule has 3 atom stereocenters. The van der Waals surface area contributed by atoms with Gasteiger partial charge in [-0.05, 0) is 25.7 Å². The zero-order valence-corrected chi connectivity index (χ0v) is 7.79. The van der Waals surface area contributed by atoms with Crippen molar-refractivity contribution < 1.29 is 14.3 Å². The van der Waals surface area contributed by atoms with Crippen molar-refractivity contribution in [3.63, 3.8) is 0 Å². The number of rotatable bonds is 1. The number of fused-ring (bicyclic) bond motifs is 2. The van der Waals surface area contributed by atoms with Crippen molar-refractivity contribution in [2.75, 3.05) is 7.11 Å². The number of hydrogen-bond donors (Lipinski definition) is 0. The van der Waals surface area contributed by atoms with E-state index >= 15 is 0 Å². The van der Waals surface area contributed by atoms with Crippen molar-refractivity contribution in [1.82, 2.24) is 0 Å². The van der Waals surface area contributed by atoms with Crippen molar-refractivity contribution >= 4 is 11.8 Å². The number of carbonyl (C=O) groups excluding carboxylic acids is 2. The van der Waals surface area contributed by atoms with Crippen molar-refractivity contribution in [3.8, 4) is 0 Å². The van der Waals surface area contributed by atoms with Crippen LogP contribution in [-0.2, 0) is 14.3 Å². The summed E-state index contributed by atoms with van der Waals surface area (Å²) in [6.07, 6.45) is 3.41. The molecule has 0 saturated heterocycles. The molecule has 13 heavy (non-hydrogen) atoms. The number of esters is 1. The Morgan fingerprint density at radius 3 is 2.31 bits per heavy atom. The van der Waals surface area contributed by atoms with Gasteiger partial charge < -0.3 is 4.74 Å². The van der Waals surface area contributed by atoms with E-state index in [0.717, 1.165) is 25.7 Å². The van der Waals surface area contributed by atoms with E-state index in [-0.39, 0.29) is 23.7 Å². The van der Waals surface area contributed by atoms with E-state index in [4.69, 9.17) is 4.74 Å². The summed E-state index contributed by atoms with van der Waals surface area (Å²) in [5, 5.41) is 0. The van der Waals surface area contributed by atoms with Crippen LogP contribution in [0.1, 0.15) is 25.7 Å². The van der Waals surface area contributed by atoms with E-state index < -0.39 is 0 Å². The molecule has 72 valence electrons. The lowest BCUT2D eigenvalue weighted by molar-refractivity contribution is -0.148. The Kier molecular flexibility index (Phi) is 2.10.